The fourth-order valence-corrected chi connectivity index (χ4v) is 4.23. The number of carbonyl (C=O) groups is 2. The normalized spacial score (nSPS) is 46.2. The van der Waals surface area contributed by atoms with Crippen LogP contribution in [0.5, 0.6) is 0 Å². The molecule has 3 nitrogen and oxygen atoms in total. The second-order valence-electron chi connectivity index (χ2n) is 6.26. The van der Waals surface area contributed by atoms with Gasteiger partial charge in [0, 0.05) is 11.8 Å². The summed E-state index contributed by atoms with van der Waals surface area (Å²) >= 11 is 0. The molecular weight excluding hydrogens is 228 g/mol. The Labute approximate surface area is 108 Å². The van der Waals surface area contributed by atoms with Gasteiger partial charge in [0.05, 0.1) is 5.92 Å². The lowest BCUT2D eigenvalue weighted by Crippen LogP contribution is -2.46. The van der Waals surface area contributed by atoms with Crippen LogP contribution in [-0.4, -0.2) is 17.4 Å². The van der Waals surface area contributed by atoms with E-state index in [2.05, 4.69) is 6.92 Å². The van der Waals surface area contributed by atoms with E-state index in [-0.39, 0.29) is 23.6 Å². The van der Waals surface area contributed by atoms with Crippen molar-refractivity contribution < 1.29 is 14.3 Å². The van der Waals surface area contributed by atoms with Gasteiger partial charge in [-0.1, -0.05) is 13.8 Å². The van der Waals surface area contributed by atoms with Gasteiger partial charge >= 0.3 is 5.97 Å². The molecule has 1 saturated carbocycles. The van der Waals surface area contributed by atoms with E-state index in [1.165, 1.54) is 0 Å². The lowest BCUT2D eigenvalue weighted by atomic mass is 9.63. The minimum atomic E-state index is -0.463. The average molecular weight is 248 g/mol. The van der Waals surface area contributed by atoms with Crippen LogP contribution >= 0.6 is 0 Å². The standard InChI is InChI=1S/C15H20O3/c1-8-4-5-12-9(2)14(17)18-15(12)7-11(10(3)16)6-13(8)15/h7-9,12-13H,4-6H2,1-3H3/t8-,9-,12-,13-,15+/m1/s1. The molecule has 3 heteroatoms. The molecule has 1 saturated heterocycles. The van der Waals surface area contributed by atoms with E-state index in [1.54, 1.807) is 6.92 Å². The highest BCUT2D eigenvalue weighted by atomic mass is 16.6. The molecule has 0 aromatic rings. The highest BCUT2D eigenvalue weighted by Gasteiger charge is 2.62. The van der Waals surface area contributed by atoms with Crippen LogP contribution < -0.4 is 0 Å². The smallest absolute Gasteiger partial charge is 0.309 e. The zero-order valence-corrected chi connectivity index (χ0v) is 11.2. The van der Waals surface area contributed by atoms with Crippen molar-refractivity contribution >= 4 is 11.8 Å². The molecular formula is C15H20O3. The molecule has 18 heavy (non-hydrogen) atoms. The van der Waals surface area contributed by atoms with Crippen molar-refractivity contribution in [2.75, 3.05) is 0 Å². The summed E-state index contributed by atoms with van der Waals surface area (Å²) in [4.78, 5) is 23.6. The SMILES string of the molecule is CC(=O)C1=C[C@]23OC(=O)[C@H](C)[C@H]2CC[C@@H](C)[C@H]3C1. The van der Waals surface area contributed by atoms with Gasteiger partial charge in [-0.2, -0.15) is 0 Å². The van der Waals surface area contributed by atoms with Crippen molar-refractivity contribution in [1.82, 2.24) is 0 Å². The van der Waals surface area contributed by atoms with Gasteiger partial charge in [0.1, 0.15) is 5.60 Å². The zero-order valence-electron chi connectivity index (χ0n) is 11.2. The lowest BCUT2D eigenvalue weighted by molar-refractivity contribution is -0.153. The number of allylic oxidation sites excluding steroid dienone is 1. The maximum absolute atomic E-state index is 11.9. The highest BCUT2D eigenvalue weighted by molar-refractivity contribution is 5.94. The van der Waals surface area contributed by atoms with E-state index in [4.69, 9.17) is 4.74 Å². The molecule has 5 atom stereocenters. The Bertz CT molecular complexity index is 451. The topological polar surface area (TPSA) is 43.4 Å². The molecule has 0 radical (unpaired) electrons. The van der Waals surface area contributed by atoms with E-state index in [0.29, 0.717) is 11.8 Å². The van der Waals surface area contributed by atoms with Gasteiger partial charge < -0.3 is 4.74 Å². The first-order valence-electron chi connectivity index (χ1n) is 6.91. The van der Waals surface area contributed by atoms with E-state index < -0.39 is 5.60 Å². The second kappa shape index (κ2) is 3.69. The Morgan fingerprint density at radius 3 is 2.72 bits per heavy atom. The minimum Gasteiger partial charge on any atom is -0.454 e. The third-order valence-electron chi connectivity index (χ3n) is 5.32. The summed E-state index contributed by atoms with van der Waals surface area (Å²) in [6, 6.07) is 0. The predicted molar refractivity (Wildman–Crippen MR) is 66.7 cm³/mol. The molecule has 0 aromatic carbocycles. The third-order valence-corrected chi connectivity index (χ3v) is 5.32. The van der Waals surface area contributed by atoms with Crippen LogP contribution in [-0.2, 0) is 14.3 Å². The van der Waals surface area contributed by atoms with Crippen molar-refractivity contribution in [3.63, 3.8) is 0 Å². The van der Waals surface area contributed by atoms with Crippen molar-refractivity contribution in [2.45, 2.75) is 45.6 Å². The monoisotopic (exact) mass is 248 g/mol. The number of ether oxygens (including phenoxy) is 1. The number of hydrogen-bond donors (Lipinski definition) is 0. The third kappa shape index (κ3) is 1.36. The molecule has 98 valence electrons. The molecule has 2 fully saturated rings. The highest BCUT2D eigenvalue weighted by Crippen LogP contribution is 2.57. The van der Waals surface area contributed by atoms with Gasteiger partial charge in [0.2, 0.25) is 0 Å². The Morgan fingerprint density at radius 1 is 1.33 bits per heavy atom. The molecule has 0 bridgehead atoms. The van der Waals surface area contributed by atoms with Crippen molar-refractivity contribution in [3.8, 4) is 0 Å². The number of hydrogen-bond acceptors (Lipinski definition) is 3. The average Bonchev–Trinajstić information content (AvgIpc) is 2.79. The Morgan fingerprint density at radius 2 is 2.06 bits per heavy atom. The molecule has 0 unspecified atom stereocenters. The van der Waals surface area contributed by atoms with E-state index >= 15 is 0 Å². The number of ketones is 1. The molecule has 1 spiro atoms. The van der Waals surface area contributed by atoms with Crippen molar-refractivity contribution in [3.05, 3.63) is 11.6 Å². The van der Waals surface area contributed by atoms with Gasteiger partial charge in [0.15, 0.2) is 5.78 Å². The molecule has 1 aliphatic heterocycles. The zero-order chi connectivity index (χ0) is 13.1. The summed E-state index contributed by atoms with van der Waals surface area (Å²) in [5.41, 5.74) is 0.399. The fourth-order valence-electron chi connectivity index (χ4n) is 4.23. The second-order valence-corrected chi connectivity index (χ2v) is 6.26. The number of Topliss-reactive ketones (excluding diaryl/α,β-unsaturated/α-hetero) is 1. The first-order valence-corrected chi connectivity index (χ1v) is 6.91. The van der Waals surface area contributed by atoms with Gasteiger partial charge in [-0.15, -0.1) is 0 Å². The van der Waals surface area contributed by atoms with Crippen LogP contribution in [0.1, 0.15) is 40.0 Å². The summed E-state index contributed by atoms with van der Waals surface area (Å²) in [5.74, 6) is 1.11. The van der Waals surface area contributed by atoms with Gasteiger partial charge in [-0.3, -0.25) is 9.59 Å². The van der Waals surface area contributed by atoms with Crippen LogP contribution in [0.2, 0.25) is 0 Å². The van der Waals surface area contributed by atoms with Gasteiger partial charge in [-0.25, -0.2) is 0 Å². The Balaban J connectivity index is 2.06. The number of rotatable bonds is 1. The van der Waals surface area contributed by atoms with E-state index in [1.807, 2.05) is 13.0 Å². The molecule has 3 aliphatic rings. The molecule has 0 N–H and O–H groups in total. The van der Waals surface area contributed by atoms with Gasteiger partial charge in [0.25, 0.3) is 0 Å². The molecule has 3 rings (SSSR count). The summed E-state index contributed by atoms with van der Waals surface area (Å²) in [6.07, 6.45) is 4.94. The summed E-state index contributed by atoms with van der Waals surface area (Å²) in [7, 11) is 0. The lowest BCUT2D eigenvalue weighted by Gasteiger charge is -2.43. The summed E-state index contributed by atoms with van der Waals surface area (Å²) in [5, 5.41) is 0. The predicted octanol–water partition coefficient (Wildman–Crippen LogP) is 2.50. The fraction of sp³-hybridized carbons (Fsp3) is 0.733. The molecule has 0 amide bonds. The van der Waals surface area contributed by atoms with Crippen molar-refractivity contribution in [2.24, 2.45) is 23.7 Å². The van der Waals surface area contributed by atoms with Crippen LogP contribution in [0.15, 0.2) is 11.6 Å². The first-order chi connectivity index (χ1) is 8.45. The van der Waals surface area contributed by atoms with Crippen LogP contribution in [0.3, 0.4) is 0 Å². The Hall–Kier alpha value is -1.12. The quantitative estimate of drug-likeness (QED) is 0.670. The van der Waals surface area contributed by atoms with Crippen LogP contribution in [0, 0.1) is 23.7 Å². The van der Waals surface area contributed by atoms with Crippen molar-refractivity contribution in [1.29, 1.82) is 0 Å². The summed E-state index contributed by atoms with van der Waals surface area (Å²) in [6.45, 7) is 5.80. The molecule has 2 aliphatic carbocycles. The maximum atomic E-state index is 11.9. The first kappa shape index (κ1) is 11.9. The van der Waals surface area contributed by atoms with Crippen LogP contribution in [0.4, 0.5) is 0 Å². The number of esters is 1. The Kier molecular flexibility index (Phi) is 2.45. The maximum Gasteiger partial charge on any atom is 0.309 e. The number of carbonyl (C=O) groups excluding carboxylic acids is 2. The largest absolute Gasteiger partial charge is 0.454 e. The van der Waals surface area contributed by atoms with Crippen LogP contribution in [0.25, 0.3) is 0 Å². The van der Waals surface area contributed by atoms with Gasteiger partial charge in [-0.05, 0) is 43.8 Å². The van der Waals surface area contributed by atoms with E-state index in [9.17, 15) is 9.59 Å². The molecule has 0 aromatic heterocycles. The minimum absolute atomic E-state index is 0.0254. The molecule has 1 heterocycles. The van der Waals surface area contributed by atoms with E-state index in [0.717, 1.165) is 24.8 Å². The summed E-state index contributed by atoms with van der Waals surface area (Å²) < 4.78 is 5.77.